The van der Waals surface area contributed by atoms with Gasteiger partial charge in [-0.1, -0.05) is 32.4 Å². The van der Waals surface area contributed by atoms with Crippen LogP contribution in [0.4, 0.5) is 0 Å². The lowest BCUT2D eigenvalue weighted by Crippen LogP contribution is -2.50. The Morgan fingerprint density at radius 2 is 1.96 bits per heavy atom. The molecule has 0 aromatic carbocycles. The summed E-state index contributed by atoms with van der Waals surface area (Å²) in [6.07, 6.45) is 13.0. The third kappa shape index (κ3) is 3.09. The van der Waals surface area contributed by atoms with Crippen molar-refractivity contribution in [2.24, 2.45) is 40.4 Å². The zero-order valence-corrected chi connectivity index (χ0v) is 17.4. The molecular weight excluding hydrogens is 336 g/mol. The van der Waals surface area contributed by atoms with Crippen LogP contribution in [0.25, 0.3) is 0 Å². The molecule has 0 heterocycles. The number of carboxylic acids is 1. The van der Waals surface area contributed by atoms with Crippen molar-refractivity contribution in [3.05, 3.63) is 11.6 Å². The van der Waals surface area contributed by atoms with Gasteiger partial charge in [0.05, 0.1) is 6.10 Å². The summed E-state index contributed by atoms with van der Waals surface area (Å²) >= 11 is 0. The Morgan fingerprint density at radius 3 is 2.70 bits per heavy atom. The van der Waals surface area contributed by atoms with Crippen molar-refractivity contribution in [1.82, 2.24) is 0 Å². The molecule has 8 atom stereocenters. The summed E-state index contributed by atoms with van der Waals surface area (Å²) in [4.78, 5) is 11.0. The Balaban J connectivity index is 1.54. The quantitative estimate of drug-likeness (QED) is 0.645. The average molecular weight is 375 g/mol. The van der Waals surface area contributed by atoms with E-state index in [-0.39, 0.29) is 6.10 Å². The number of hydrogen-bond donors (Lipinski definition) is 2. The molecule has 0 unspecified atom stereocenters. The molecule has 4 aliphatic rings. The molecule has 3 heteroatoms. The molecular formula is C24H38O3. The fourth-order valence-corrected chi connectivity index (χ4v) is 8.17. The van der Waals surface area contributed by atoms with Gasteiger partial charge in [-0.2, -0.15) is 0 Å². The second kappa shape index (κ2) is 6.90. The van der Waals surface area contributed by atoms with Crippen LogP contribution in [0.3, 0.4) is 0 Å². The summed E-state index contributed by atoms with van der Waals surface area (Å²) in [5.41, 5.74) is 2.27. The van der Waals surface area contributed by atoms with Gasteiger partial charge in [-0.3, -0.25) is 4.79 Å². The first-order valence-electron chi connectivity index (χ1n) is 11.3. The van der Waals surface area contributed by atoms with Crippen LogP contribution in [-0.2, 0) is 4.79 Å². The van der Waals surface area contributed by atoms with Crippen molar-refractivity contribution >= 4 is 5.97 Å². The zero-order chi connectivity index (χ0) is 19.4. The molecule has 3 saturated carbocycles. The van der Waals surface area contributed by atoms with Crippen LogP contribution in [0.1, 0.15) is 85.0 Å². The molecule has 0 spiro atoms. The first-order valence-corrected chi connectivity index (χ1v) is 11.3. The number of rotatable bonds is 4. The molecule has 152 valence electrons. The molecule has 27 heavy (non-hydrogen) atoms. The summed E-state index contributed by atoms with van der Waals surface area (Å²) in [6, 6.07) is 0. The van der Waals surface area contributed by atoms with Crippen molar-refractivity contribution < 1.29 is 15.0 Å². The van der Waals surface area contributed by atoms with E-state index in [1.165, 1.54) is 32.1 Å². The van der Waals surface area contributed by atoms with Gasteiger partial charge in [-0.15, -0.1) is 0 Å². The second-order valence-corrected chi connectivity index (χ2v) is 10.8. The summed E-state index contributed by atoms with van der Waals surface area (Å²) in [5.74, 6) is 2.94. The number of allylic oxidation sites excluding steroid dienone is 1. The lowest BCUT2D eigenvalue weighted by molar-refractivity contribution is -0.137. The molecule has 0 radical (unpaired) electrons. The maximum Gasteiger partial charge on any atom is 0.303 e. The highest BCUT2D eigenvalue weighted by Gasteiger charge is 2.59. The first-order chi connectivity index (χ1) is 12.8. The maximum atomic E-state index is 11.0. The number of carboxylic acid groups (broad SMARTS) is 1. The Kier molecular flexibility index (Phi) is 4.98. The molecule has 4 aliphatic carbocycles. The van der Waals surface area contributed by atoms with Crippen LogP contribution in [0.5, 0.6) is 0 Å². The SMILES string of the molecule is C[C@H](CCC(=O)O)[C@@H]1CC[C@@H]2[C@@H]3CC=C4C[C@@H](O)CC[C@]4(C)[C@@H]3CC[C@@]21C. The number of aliphatic hydroxyl groups is 1. The monoisotopic (exact) mass is 374 g/mol. The molecule has 0 aromatic heterocycles. The summed E-state index contributed by atoms with van der Waals surface area (Å²) in [7, 11) is 0. The molecule has 0 bridgehead atoms. The molecule has 3 fully saturated rings. The lowest BCUT2D eigenvalue weighted by atomic mass is 9.47. The Morgan fingerprint density at radius 1 is 1.19 bits per heavy atom. The molecule has 2 N–H and O–H groups in total. The molecule has 0 aliphatic heterocycles. The van der Waals surface area contributed by atoms with Crippen LogP contribution in [0, 0.1) is 40.4 Å². The zero-order valence-electron chi connectivity index (χ0n) is 17.4. The Labute approximate surface area is 164 Å². The summed E-state index contributed by atoms with van der Waals surface area (Å²) in [5, 5.41) is 19.2. The number of fused-ring (bicyclic) bond motifs is 5. The third-order valence-corrected chi connectivity index (χ3v) is 9.65. The highest BCUT2D eigenvalue weighted by molar-refractivity contribution is 5.66. The highest BCUT2D eigenvalue weighted by atomic mass is 16.4. The average Bonchev–Trinajstić information content (AvgIpc) is 2.97. The van der Waals surface area contributed by atoms with Crippen molar-refractivity contribution in [2.45, 2.75) is 91.1 Å². The van der Waals surface area contributed by atoms with Gasteiger partial charge in [0.25, 0.3) is 0 Å². The molecule has 0 amide bonds. The second-order valence-electron chi connectivity index (χ2n) is 10.8. The van der Waals surface area contributed by atoms with E-state index >= 15 is 0 Å². The van der Waals surface area contributed by atoms with Crippen molar-refractivity contribution in [3.63, 3.8) is 0 Å². The lowest BCUT2D eigenvalue weighted by Gasteiger charge is -2.58. The largest absolute Gasteiger partial charge is 0.481 e. The van der Waals surface area contributed by atoms with E-state index in [9.17, 15) is 9.90 Å². The minimum absolute atomic E-state index is 0.124. The summed E-state index contributed by atoms with van der Waals surface area (Å²) in [6.45, 7) is 7.33. The predicted octanol–water partition coefficient (Wildman–Crippen LogP) is 5.43. The minimum atomic E-state index is -0.650. The highest BCUT2D eigenvalue weighted by Crippen LogP contribution is 2.67. The fraction of sp³-hybridized carbons (Fsp3) is 0.875. The van der Waals surface area contributed by atoms with Crippen LogP contribution in [0.15, 0.2) is 11.6 Å². The van der Waals surface area contributed by atoms with Crippen molar-refractivity contribution in [3.8, 4) is 0 Å². The van der Waals surface area contributed by atoms with E-state index in [0.29, 0.717) is 29.1 Å². The van der Waals surface area contributed by atoms with E-state index in [4.69, 9.17) is 5.11 Å². The molecule has 4 rings (SSSR count). The van der Waals surface area contributed by atoms with Crippen LogP contribution in [0.2, 0.25) is 0 Å². The van der Waals surface area contributed by atoms with E-state index in [0.717, 1.165) is 43.4 Å². The smallest absolute Gasteiger partial charge is 0.303 e. The standard InChI is InChI=1S/C24H38O3/c1-15(4-9-22(26)27)19-7-8-20-18-6-5-16-14-17(25)10-12-23(16,2)21(18)11-13-24(19,20)3/h5,15,17-21,25H,4,6-14H2,1-3H3,(H,26,27)/t15-,17+,18+,19+,20-,21-,23+,24-/m1/s1. The van der Waals surface area contributed by atoms with E-state index < -0.39 is 5.97 Å². The van der Waals surface area contributed by atoms with Gasteiger partial charge in [0.1, 0.15) is 0 Å². The predicted molar refractivity (Wildman–Crippen MR) is 107 cm³/mol. The topological polar surface area (TPSA) is 57.5 Å². The first kappa shape index (κ1) is 19.5. The van der Waals surface area contributed by atoms with Crippen molar-refractivity contribution in [1.29, 1.82) is 0 Å². The minimum Gasteiger partial charge on any atom is -0.481 e. The number of aliphatic carboxylic acids is 1. The number of carbonyl (C=O) groups is 1. The van der Waals surface area contributed by atoms with E-state index in [2.05, 4.69) is 26.8 Å². The molecule has 0 saturated heterocycles. The Hall–Kier alpha value is -0.830. The van der Waals surface area contributed by atoms with Crippen LogP contribution in [-0.4, -0.2) is 22.3 Å². The number of hydrogen-bond acceptors (Lipinski definition) is 2. The van der Waals surface area contributed by atoms with Crippen LogP contribution < -0.4 is 0 Å². The van der Waals surface area contributed by atoms with Gasteiger partial charge in [0.15, 0.2) is 0 Å². The Bertz CT molecular complexity index is 625. The van der Waals surface area contributed by atoms with Gasteiger partial charge >= 0.3 is 5.97 Å². The molecule has 3 nitrogen and oxygen atoms in total. The fourth-order valence-electron chi connectivity index (χ4n) is 8.17. The normalized spacial score (nSPS) is 47.4. The van der Waals surface area contributed by atoms with Gasteiger partial charge in [0, 0.05) is 6.42 Å². The van der Waals surface area contributed by atoms with Gasteiger partial charge < -0.3 is 10.2 Å². The third-order valence-electron chi connectivity index (χ3n) is 9.65. The van der Waals surface area contributed by atoms with Gasteiger partial charge in [-0.05, 0) is 98.2 Å². The summed E-state index contributed by atoms with van der Waals surface area (Å²) < 4.78 is 0. The van der Waals surface area contributed by atoms with Crippen LogP contribution >= 0.6 is 0 Å². The van der Waals surface area contributed by atoms with Gasteiger partial charge in [-0.25, -0.2) is 0 Å². The van der Waals surface area contributed by atoms with Gasteiger partial charge in [0.2, 0.25) is 0 Å². The van der Waals surface area contributed by atoms with Crippen molar-refractivity contribution in [2.75, 3.05) is 0 Å². The van der Waals surface area contributed by atoms with E-state index in [1.807, 2.05) is 0 Å². The van der Waals surface area contributed by atoms with E-state index in [1.54, 1.807) is 5.57 Å². The maximum absolute atomic E-state index is 11.0. The number of aliphatic hydroxyl groups excluding tert-OH is 1. The molecule has 0 aromatic rings.